The number of halogens is 1. The largest absolute Gasteiger partial charge is 0.369 e. The lowest BCUT2D eigenvalue weighted by molar-refractivity contribution is 0.823. The zero-order valence-electron chi connectivity index (χ0n) is 16.0. The smallest absolute Gasteiger partial charge is 0.204 e. The molecule has 0 spiro atoms. The normalized spacial score (nSPS) is 10.9. The predicted molar refractivity (Wildman–Crippen MR) is 114 cm³/mol. The number of nitrogens with one attached hydrogen (secondary N) is 1. The molecule has 0 amide bonds. The standard InChI is InChI=1S/C21H19ClN6O/c1-14-12-28(18-7-3-15(4-8-18)21-23-25-26-24-21)19(11-20(14)29)13-27(2)17-9-5-16(22)6-10-17/h3-12H,13H2,1-2H3,(H,23,24,25,26). The van der Waals surface area contributed by atoms with Gasteiger partial charge in [-0.25, -0.2) is 0 Å². The van der Waals surface area contributed by atoms with Crippen LogP contribution in [0.25, 0.3) is 17.1 Å². The number of aryl methyl sites for hydroxylation is 1. The van der Waals surface area contributed by atoms with Crippen LogP contribution in [0.1, 0.15) is 11.3 Å². The molecule has 2 heterocycles. The number of hydrogen-bond acceptors (Lipinski definition) is 5. The number of pyridine rings is 1. The van der Waals surface area contributed by atoms with Gasteiger partial charge in [0.25, 0.3) is 0 Å². The van der Waals surface area contributed by atoms with Crippen molar-refractivity contribution in [3.05, 3.63) is 87.3 Å². The minimum Gasteiger partial charge on any atom is -0.369 e. The van der Waals surface area contributed by atoms with Crippen LogP contribution in [0.15, 0.2) is 65.6 Å². The van der Waals surface area contributed by atoms with Crippen LogP contribution in [-0.2, 0) is 6.54 Å². The monoisotopic (exact) mass is 406 g/mol. The van der Waals surface area contributed by atoms with Gasteiger partial charge in [0.05, 0.1) is 6.54 Å². The van der Waals surface area contributed by atoms with Gasteiger partial charge in [0.15, 0.2) is 5.43 Å². The van der Waals surface area contributed by atoms with E-state index in [9.17, 15) is 4.79 Å². The molecule has 29 heavy (non-hydrogen) atoms. The van der Waals surface area contributed by atoms with E-state index in [1.54, 1.807) is 6.07 Å². The highest BCUT2D eigenvalue weighted by atomic mass is 35.5. The van der Waals surface area contributed by atoms with E-state index in [4.69, 9.17) is 11.6 Å². The van der Waals surface area contributed by atoms with Crippen molar-refractivity contribution in [2.75, 3.05) is 11.9 Å². The lowest BCUT2D eigenvalue weighted by atomic mass is 10.1. The Labute approximate surface area is 172 Å². The van der Waals surface area contributed by atoms with Gasteiger partial charge < -0.3 is 9.47 Å². The molecule has 0 saturated carbocycles. The van der Waals surface area contributed by atoms with E-state index in [2.05, 4.69) is 25.5 Å². The molecule has 2 aromatic carbocycles. The van der Waals surface area contributed by atoms with E-state index in [0.29, 0.717) is 23.0 Å². The molecule has 2 aromatic heterocycles. The zero-order chi connectivity index (χ0) is 20.4. The van der Waals surface area contributed by atoms with E-state index in [0.717, 1.165) is 22.6 Å². The molecule has 0 aliphatic carbocycles. The summed E-state index contributed by atoms with van der Waals surface area (Å²) in [5.74, 6) is 0.537. The van der Waals surface area contributed by atoms with Crippen LogP contribution in [0.2, 0.25) is 5.02 Å². The van der Waals surface area contributed by atoms with Crippen molar-refractivity contribution in [1.29, 1.82) is 0 Å². The Morgan fingerprint density at radius 2 is 1.83 bits per heavy atom. The molecule has 7 nitrogen and oxygen atoms in total. The molecule has 1 N–H and O–H groups in total. The molecule has 0 unspecified atom stereocenters. The molecular weight excluding hydrogens is 388 g/mol. The number of H-pyrrole nitrogens is 1. The van der Waals surface area contributed by atoms with E-state index in [1.165, 1.54) is 0 Å². The second kappa shape index (κ2) is 7.89. The fraction of sp³-hybridized carbons (Fsp3) is 0.143. The highest BCUT2D eigenvalue weighted by molar-refractivity contribution is 6.30. The Balaban J connectivity index is 1.69. The maximum Gasteiger partial charge on any atom is 0.204 e. The lowest BCUT2D eigenvalue weighted by Crippen LogP contribution is -2.22. The molecule has 0 bridgehead atoms. The highest BCUT2D eigenvalue weighted by Crippen LogP contribution is 2.21. The second-order valence-corrected chi connectivity index (χ2v) is 7.23. The number of aromatic nitrogens is 5. The van der Waals surface area contributed by atoms with Gasteiger partial charge in [-0.3, -0.25) is 4.79 Å². The summed E-state index contributed by atoms with van der Waals surface area (Å²) in [7, 11) is 1.98. The Morgan fingerprint density at radius 1 is 1.10 bits per heavy atom. The van der Waals surface area contributed by atoms with Crippen molar-refractivity contribution in [1.82, 2.24) is 25.2 Å². The first-order valence-electron chi connectivity index (χ1n) is 9.04. The van der Waals surface area contributed by atoms with Gasteiger partial charge in [0.2, 0.25) is 5.82 Å². The average Bonchev–Trinajstić information content (AvgIpc) is 3.26. The van der Waals surface area contributed by atoms with Crippen LogP contribution in [0.4, 0.5) is 5.69 Å². The maximum atomic E-state index is 12.3. The first-order valence-corrected chi connectivity index (χ1v) is 9.42. The van der Waals surface area contributed by atoms with E-state index in [1.807, 2.05) is 73.3 Å². The second-order valence-electron chi connectivity index (χ2n) is 6.80. The molecule has 8 heteroatoms. The zero-order valence-corrected chi connectivity index (χ0v) is 16.8. The quantitative estimate of drug-likeness (QED) is 0.547. The minimum absolute atomic E-state index is 0.0178. The van der Waals surface area contributed by atoms with Gasteiger partial charge in [0, 0.05) is 52.5 Å². The Morgan fingerprint density at radius 3 is 2.48 bits per heavy atom. The van der Waals surface area contributed by atoms with Crippen LogP contribution in [-0.4, -0.2) is 32.2 Å². The van der Waals surface area contributed by atoms with Crippen LogP contribution < -0.4 is 10.3 Å². The van der Waals surface area contributed by atoms with Gasteiger partial charge in [-0.1, -0.05) is 11.6 Å². The number of benzene rings is 2. The molecule has 146 valence electrons. The van der Waals surface area contributed by atoms with Gasteiger partial charge in [0.1, 0.15) is 0 Å². The summed E-state index contributed by atoms with van der Waals surface area (Å²) >= 11 is 5.99. The minimum atomic E-state index is 0.0178. The predicted octanol–water partition coefficient (Wildman–Crippen LogP) is 3.62. The van der Waals surface area contributed by atoms with Crippen molar-refractivity contribution < 1.29 is 0 Å². The molecule has 4 rings (SSSR count). The Bertz CT molecular complexity index is 1170. The third-order valence-electron chi connectivity index (χ3n) is 4.73. The molecule has 0 atom stereocenters. The average molecular weight is 407 g/mol. The molecular formula is C21H19ClN6O. The van der Waals surface area contributed by atoms with Crippen molar-refractivity contribution in [2.24, 2.45) is 0 Å². The number of aromatic amines is 1. The number of tetrazole rings is 1. The third-order valence-corrected chi connectivity index (χ3v) is 4.99. The third kappa shape index (κ3) is 4.05. The fourth-order valence-electron chi connectivity index (χ4n) is 3.12. The van der Waals surface area contributed by atoms with Gasteiger partial charge in [-0.15, -0.1) is 10.2 Å². The molecule has 0 radical (unpaired) electrons. The summed E-state index contributed by atoms with van der Waals surface area (Å²) in [4.78, 5) is 14.4. The number of hydrogen-bond donors (Lipinski definition) is 1. The summed E-state index contributed by atoms with van der Waals surface area (Å²) in [6, 6.07) is 17.1. The summed E-state index contributed by atoms with van der Waals surface area (Å²) in [5, 5.41) is 14.7. The molecule has 0 saturated heterocycles. The summed E-state index contributed by atoms with van der Waals surface area (Å²) in [5.41, 5.74) is 4.40. The van der Waals surface area contributed by atoms with Crippen LogP contribution in [0.5, 0.6) is 0 Å². The number of anilines is 1. The van der Waals surface area contributed by atoms with Crippen LogP contribution >= 0.6 is 11.6 Å². The summed E-state index contributed by atoms with van der Waals surface area (Å²) in [6.07, 6.45) is 1.87. The lowest BCUT2D eigenvalue weighted by Gasteiger charge is -2.23. The molecule has 0 aliphatic heterocycles. The van der Waals surface area contributed by atoms with Gasteiger partial charge in [-0.05, 0) is 60.7 Å². The molecule has 4 aromatic rings. The summed E-state index contributed by atoms with van der Waals surface area (Å²) < 4.78 is 2.03. The van der Waals surface area contributed by atoms with Crippen molar-refractivity contribution in [3.8, 4) is 17.1 Å². The SMILES string of the molecule is Cc1cn(-c2ccc(-c3nn[nH]n3)cc2)c(CN(C)c2ccc(Cl)cc2)cc1=O. The van der Waals surface area contributed by atoms with E-state index in [-0.39, 0.29) is 5.43 Å². The van der Waals surface area contributed by atoms with E-state index >= 15 is 0 Å². The number of rotatable bonds is 5. The fourth-order valence-corrected chi connectivity index (χ4v) is 3.25. The van der Waals surface area contributed by atoms with Crippen molar-refractivity contribution in [2.45, 2.75) is 13.5 Å². The van der Waals surface area contributed by atoms with Crippen molar-refractivity contribution in [3.63, 3.8) is 0 Å². The van der Waals surface area contributed by atoms with Crippen LogP contribution in [0, 0.1) is 6.92 Å². The highest BCUT2D eigenvalue weighted by Gasteiger charge is 2.11. The van der Waals surface area contributed by atoms with E-state index < -0.39 is 0 Å². The van der Waals surface area contributed by atoms with Crippen molar-refractivity contribution >= 4 is 17.3 Å². The van der Waals surface area contributed by atoms with Crippen LogP contribution in [0.3, 0.4) is 0 Å². The summed E-state index contributed by atoms with van der Waals surface area (Å²) in [6.45, 7) is 2.38. The topological polar surface area (TPSA) is 79.7 Å². The Hall–Kier alpha value is -3.45. The first kappa shape index (κ1) is 18.9. The molecule has 0 fully saturated rings. The van der Waals surface area contributed by atoms with Gasteiger partial charge in [-0.2, -0.15) is 5.21 Å². The first-order chi connectivity index (χ1) is 14.0. The van der Waals surface area contributed by atoms with Gasteiger partial charge >= 0.3 is 0 Å². The molecule has 0 aliphatic rings. The maximum absolute atomic E-state index is 12.3. The number of nitrogens with zero attached hydrogens (tertiary/aromatic N) is 5. The Kier molecular flexibility index (Phi) is 5.14.